The van der Waals surface area contributed by atoms with Gasteiger partial charge in [0.25, 0.3) is 0 Å². The van der Waals surface area contributed by atoms with Crippen LogP contribution in [0.4, 0.5) is 5.69 Å². The van der Waals surface area contributed by atoms with Crippen LogP contribution in [0, 0.1) is 0 Å². The molecule has 20 heavy (non-hydrogen) atoms. The summed E-state index contributed by atoms with van der Waals surface area (Å²) in [4.78, 5) is 24.9. The lowest BCUT2D eigenvalue weighted by atomic mass is 10.1. The van der Waals surface area contributed by atoms with Gasteiger partial charge in [0.15, 0.2) is 5.75 Å². The molecule has 1 aromatic carbocycles. The smallest absolute Gasteiger partial charge is 0.339 e. The number of carbonyl (C=O) groups is 2. The van der Waals surface area contributed by atoms with Gasteiger partial charge in [0.1, 0.15) is 12.2 Å². The summed E-state index contributed by atoms with van der Waals surface area (Å²) in [6.07, 6.45) is 0. The number of aromatic carboxylic acids is 1. The van der Waals surface area contributed by atoms with Crippen molar-refractivity contribution in [1.29, 1.82) is 0 Å². The first-order valence-electron chi connectivity index (χ1n) is 6.53. The van der Waals surface area contributed by atoms with Crippen LogP contribution in [-0.4, -0.2) is 42.7 Å². The number of hydrogen-bond donors (Lipinski definition) is 2. The van der Waals surface area contributed by atoms with Gasteiger partial charge >= 0.3 is 5.97 Å². The first-order valence-corrected chi connectivity index (χ1v) is 6.53. The minimum Gasteiger partial charge on any atom is -0.489 e. The van der Waals surface area contributed by atoms with Crippen molar-refractivity contribution in [3.63, 3.8) is 0 Å². The highest BCUT2D eigenvalue weighted by Crippen LogP contribution is 2.34. The maximum Gasteiger partial charge on any atom is 0.339 e. The van der Waals surface area contributed by atoms with E-state index in [2.05, 4.69) is 5.32 Å². The molecule has 0 spiro atoms. The minimum atomic E-state index is -1.06. The number of benzene rings is 1. The van der Waals surface area contributed by atoms with E-state index in [1.165, 1.54) is 6.07 Å². The molecule has 1 aliphatic heterocycles. The maximum absolute atomic E-state index is 12.2. The van der Waals surface area contributed by atoms with Gasteiger partial charge in [-0.15, -0.1) is 0 Å². The summed E-state index contributed by atoms with van der Waals surface area (Å²) < 4.78 is 5.43. The number of anilines is 1. The van der Waals surface area contributed by atoms with Crippen molar-refractivity contribution in [2.45, 2.75) is 19.9 Å². The number of amides is 1. The van der Waals surface area contributed by atoms with E-state index in [0.717, 1.165) is 0 Å². The number of nitrogens with zero attached hydrogens (tertiary/aromatic N) is 1. The second-order valence-corrected chi connectivity index (χ2v) is 4.89. The lowest BCUT2D eigenvalue weighted by Crippen LogP contribution is -2.44. The van der Waals surface area contributed by atoms with Crippen LogP contribution in [0.5, 0.6) is 5.75 Å². The number of carboxylic acid groups (broad SMARTS) is 1. The monoisotopic (exact) mass is 278 g/mol. The van der Waals surface area contributed by atoms with Gasteiger partial charge in [0.2, 0.25) is 5.91 Å². The second-order valence-electron chi connectivity index (χ2n) is 4.89. The summed E-state index contributed by atoms with van der Waals surface area (Å²) in [7, 11) is 0. The van der Waals surface area contributed by atoms with Crippen LogP contribution in [0.25, 0.3) is 0 Å². The van der Waals surface area contributed by atoms with Gasteiger partial charge in [-0.1, -0.05) is 19.9 Å². The van der Waals surface area contributed by atoms with E-state index >= 15 is 0 Å². The highest BCUT2D eigenvalue weighted by Gasteiger charge is 2.27. The molecule has 0 saturated heterocycles. The number of ether oxygens (including phenoxy) is 1. The Kier molecular flexibility index (Phi) is 4.24. The van der Waals surface area contributed by atoms with Gasteiger partial charge in [-0.05, 0) is 12.1 Å². The van der Waals surface area contributed by atoms with Gasteiger partial charge in [0, 0.05) is 6.04 Å². The van der Waals surface area contributed by atoms with E-state index in [9.17, 15) is 9.59 Å². The number of fused-ring (bicyclic) bond motifs is 1. The highest BCUT2D eigenvalue weighted by atomic mass is 16.5. The molecule has 0 saturated carbocycles. The summed E-state index contributed by atoms with van der Waals surface area (Å²) >= 11 is 0. The quantitative estimate of drug-likeness (QED) is 0.862. The standard InChI is InChI=1S/C14H18N2O4/c1-9(2)15-8-12(17)16-6-7-20-13-10(14(18)19)4-3-5-11(13)16/h3-5,9,15H,6-8H2,1-2H3,(H,18,19). The van der Waals surface area contributed by atoms with Gasteiger partial charge in [-0.2, -0.15) is 0 Å². The van der Waals surface area contributed by atoms with Crippen molar-refractivity contribution in [3.05, 3.63) is 23.8 Å². The summed E-state index contributed by atoms with van der Waals surface area (Å²) in [5.74, 6) is -0.883. The average Bonchev–Trinajstić information content (AvgIpc) is 2.43. The van der Waals surface area contributed by atoms with Crippen LogP contribution >= 0.6 is 0 Å². The molecule has 0 bridgehead atoms. The fourth-order valence-corrected chi connectivity index (χ4v) is 2.06. The molecule has 1 amide bonds. The van der Waals surface area contributed by atoms with Crippen LogP contribution in [0.15, 0.2) is 18.2 Å². The van der Waals surface area contributed by atoms with Crippen LogP contribution in [0.1, 0.15) is 24.2 Å². The zero-order valence-electron chi connectivity index (χ0n) is 11.5. The van der Waals surface area contributed by atoms with E-state index in [0.29, 0.717) is 18.8 Å². The Morgan fingerprint density at radius 3 is 2.85 bits per heavy atom. The number of carboxylic acids is 1. The van der Waals surface area contributed by atoms with Crippen LogP contribution in [0.2, 0.25) is 0 Å². The molecule has 108 valence electrons. The molecule has 1 heterocycles. The summed E-state index contributed by atoms with van der Waals surface area (Å²) in [6, 6.07) is 5.01. The number of carbonyl (C=O) groups excluding carboxylic acids is 1. The molecular weight excluding hydrogens is 260 g/mol. The van der Waals surface area contributed by atoms with Crippen molar-refractivity contribution >= 4 is 17.6 Å². The third-order valence-corrected chi connectivity index (χ3v) is 3.04. The van der Waals surface area contributed by atoms with Crippen LogP contribution in [0.3, 0.4) is 0 Å². The SMILES string of the molecule is CC(C)NCC(=O)N1CCOc2c(C(=O)O)cccc21. The molecule has 0 aromatic heterocycles. The third kappa shape index (κ3) is 2.91. The number of hydrogen-bond acceptors (Lipinski definition) is 4. The first-order chi connectivity index (χ1) is 9.50. The number of nitrogens with one attached hydrogen (secondary N) is 1. The Bertz CT molecular complexity index is 528. The predicted molar refractivity (Wildman–Crippen MR) is 74.4 cm³/mol. The van der Waals surface area contributed by atoms with Crippen LogP contribution in [-0.2, 0) is 4.79 Å². The minimum absolute atomic E-state index is 0.0804. The van der Waals surface area contributed by atoms with Crippen molar-refractivity contribution in [2.24, 2.45) is 0 Å². The molecule has 2 rings (SSSR count). The van der Waals surface area contributed by atoms with Crippen molar-refractivity contribution < 1.29 is 19.4 Å². The molecule has 6 heteroatoms. The van der Waals surface area contributed by atoms with Crippen molar-refractivity contribution in [2.75, 3.05) is 24.6 Å². The molecular formula is C14H18N2O4. The van der Waals surface area contributed by atoms with Gasteiger partial charge in [-0.3, -0.25) is 4.79 Å². The molecule has 0 unspecified atom stereocenters. The lowest BCUT2D eigenvalue weighted by molar-refractivity contribution is -0.118. The molecule has 2 N–H and O–H groups in total. The number of para-hydroxylation sites is 1. The van der Waals surface area contributed by atoms with E-state index < -0.39 is 5.97 Å². The average molecular weight is 278 g/mol. The second kappa shape index (κ2) is 5.92. The largest absolute Gasteiger partial charge is 0.489 e. The first kappa shape index (κ1) is 14.3. The Balaban J connectivity index is 2.26. The summed E-state index contributed by atoms with van der Waals surface area (Å²) in [5.41, 5.74) is 0.600. The Hall–Kier alpha value is -2.08. The molecule has 1 aliphatic rings. The Morgan fingerprint density at radius 1 is 1.45 bits per heavy atom. The van der Waals surface area contributed by atoms with E-state index in [-0.39, 0.29) is 29.8 Å². The van der Waals surface area contributed by atoms with E-state index in [4.69, 9.17) is 9.84 Å². The Morgan fingerprint density at radius 2 is 2.20 bits per heavy atom. The van der Waals surface area contributed by atoms with Gasteiger partial charge in [0.05, 0.1) is 18.8 Å². The van der Waals surface area contributed by atoms with Gasteiger partial charge in [-0.25, -0.2) is 4.79 Å². The zero-order chi connectivity index (χ0) is 14.7. The van der Waals surface area contributed by atoms with Crippen molar-refractivity contribution in [1.82, 2.24) is 5.32 Å². The zero-order valence-corrected chi connectivity index (χ0v) is 11.5. The fourth-order valence-electron chi connectivity index (χ4n) is 2.06. The molecule has 0 atom stereocenters. The molecule has 6 nitrogen and oxygen atoms in total. The third-order valence-electron chi connectivity index (χ3n) is 3.04. The molecule has 0 fully saturated rings. The molecule has 0 radical (unpaired) electrons. The maximum atomic E-state index is 12.2. The van der Waals surface area contributed by atoms with E-state index in [1.54, 1.807) is 17.0 Å². The topological polar surface area (TPSA) is 78.9 Å². The molecule has 0 aliphatic carbocycles. The normalized spacial score (nSPS) is 13.8. The highest BCUT2D eigenvalue weighted by molar-refractivity contribution is 6.00. The van der Waals surface area contributed by atoms with Crippen LogP contribution < -0.4 is 15.0 Å². The summed E-state index contributed by atoms with van der Waals surface area (Å²) in [6.45, 7) is 4.86. The van der Waals surface area contributed by atoms with E-state index in [1.807, 2.05) is 13.8 Å². The fraction of sp³-hybridized carbons (Fsp3) is 0.429. The van der Waals surface area contributed by atoms with Crippen molar-refractivity contribution in [3.8, 4) is 5.75 Å². The predicted octanol–water partition coefficient (Wildman–Crippen LogP) is 1.11. The molecule has 1 aromatic rings. The Labute approximate surface area is 117 Å². The van der Waals surface area contributed by atoms with Gasteiger partial charge < -0.3 is 20.1 Å². The number of rotatable bonds is 4. The lowest BCUT2D eigenvalue weighted by Gasteiger charge is -2.30. The summed E-state index contributed by atoms with van der Waals surface area (Å²) in [5, 5.41) is 12.2.